The van der Waals surface area contributed by atoms with Crippen LogP contribution in [0.4, 0.5) is 9.59 Å². The zero-order chi connectivity index (χ0) is 31.4. The third kappa shape index (κ3) is 9.15. The molecule has 0 aromatic heterocycles. The number of likely N-dealkylation sites (tertiary alicyclic amines) is 1. The summed E-state index contributed by atoms with van der Waals surface area (Å²) in [5, 5.41) is 5.29. The van der Waals surface area contributed by atoms with Crippen molar-refractivity contribution in [2.24, 2.45) is 16.8 Å². The van der Waals surface area contributed by atoms with E-state index in [0.29, 0.717) is 19.5 Å². The molecule has 3 aromatic rings. The van der Waals surface area contributed by atoms with E-state index in [4.69, 9.17) is 14.2 Å². The minimum absolute atomic E-state index is 0.00713. The van der Waals surface area contributed by atoms with E-state index in [2.05, 4.69) is 15.6 Å². The number of carbonyl (C=O) groups is 4. The Morgan fingerprint density at radius 2 is 1.36 bits per heavy atom. The van der Waals surface area contributed by atoms with Gasteiger partial charge < -0.3 is 24.4 Å². The highest BCUT2D eigenvalue weighted by molar-refractivity contribution is 5.99. The smallest absolute Gasteiger partial charge is 0.437 e. The fourth-order valence-electron chi connectivity index (χ4n) is 5.38. The molecule has 11 nitrogen and oxygen atoms in total. The Bertz CT molecular complexity index is 1480. The summed E-state index contributed by atoms with van der Waals surface area (Å²) in [6.07, 6.45) is 0.337. The lowest BCUT2D eigenvalue weighted by Crippen LogP contribution is -2.63. The van der Waals surface area contributed by atoms with Crippen LogP contribution in [-0.2, 0) is 43.6 Å². The zero-order valence-corrected chi connectivity index (χ0v) is 24.8. The molecule has 2 N–H and O–H groups in total. The molecule has 0 aliphatic carbocycles. The molecule has 0 saturated carbocycles. The molecule has 2 heterocycles. The van der Waals surface area contributed by atoms with Gasteiger partial charge in [0.1, 0.15) is 25.9 Å². The summed E-state index contributed by atoms with van der Waals surface area (Å²) in [6.45, 7) is 1.11. The van der Waals surface area contributed by atoms with Gasteiger partial charge in [-0.2, -0.15) is 0 Å². The van der Waals surface area contributed by atoms with Gasteiger partial charge in [0, 0.05) is 13.1 Å². The van der Waals surface area contributed by atoms with Crippen molar-refractivity contribution in [3.63, 3.8) is 0 Å². The van der Waals surface area contributed by atoms with Gasteiger partial charge >= 0.3 is 18.2 Å². The highest BCUT2D eigenvalue weighted by atomic mass is 16.6. The molecule has 0 bridgehead atoms. The number of hydrogen-bond donors (Lipinski definition) is 2. The maximum absolute atomic E-state index is 12.8. The van der Waals surface area contributed by atoms with Crippen LogP contribution in [0.2, 0.25) is 0 Å². The van der Waals surface area contributed by atoms with E-state index < -0.39 is 30.1 Å². The molecule has 2 saturated heterocycles. The van der Waals surface area contributed by atoms with Crippen molar-refractivity contribution < 1.29 is 33.4 Å². The summed E-state index contributed by atoms with van der Waals surface area (Å²) < 4.78 is 16.2. The number of hydrogen-bond acceptors (Lipinski definition) is 7. The number of carbonyl (C=O) groups excluding carboxylic acids is 4. The molecule has 45 heavy (non-hydrogen) atoms. The number of esters is 1. The van der Waals surface area contributed by atoms with Crippen LogP contribution >= 0.6 is 0 Å². The van der Waals surface area contributed by atoms with Crippen molar-refractivity contribution in [3.8, 4) is 0 Å². The second-order valence-electron chi connectivity index (χ2n) is 11.0. The van der Waals surface area contributed by atoms with Crippen molar-refractivity contribution in [3.05, 3.63) is 108 Å². The number of nitrogens with zero attached hydrogens (tertiary/aromatic N) is 2. The first kappa shape index (κ1) is 31.2. The van der Waals surface area contributed by atoms with Crippen LogP contribution in [0.1, 0.15) is 36.0 Å². The number of ether oxygens (including phenoxy) is 3. The Morgan fingerprint density at radius 3 is 1.93 bits per heavy atom. The van der Waals surface area contributed by atoms with Crippen LogP contribution in [-0.4, -0.2) is 54.1 Å². The highest BCUT2D eigenvalue weighted by Crippen LogP contribution is 2.30. The lowest BCUT2D eigenvalue weighted by atomic mass is 9.80. The average molecular weight is 613 g/mol. The van der Waals surface area contributed by atoms with E-state index in [9.17, 15) is 19.2 Å². The van der Waals surface area contributed by atoms with Crippen molar-refractivity contribution in [1.29, 1.82) is 0 Å². The Balaban J connectivity index is 1.21. The molecule has 0 spiro atoms. The standard InChI is InChI=1S/C34H36N4O7/c39-30-28(29(35-30)31(40)43-21-24-11-4-1-5-12-24)19-27-17-10-18-38(20-27)32(36-33(41)44-22-25-13-6-2-7-14-25)37-34(42)45-23-26-15-8-3-9-16-26/h1-9,11-16,27-29H,10,17-23H2,(H,35,39)(H,36,37,41,42)/t27-,28+,29?/m0/s1. The summed E-state index contributed by atoms with van der Waals surface area (Å²) in [6, 6.07) is 27.0. The van der Waals surface area contributed by atoms with E-state index in [1.54, 1.807) is 4.90 Å². The Hall–Kier alpha value is -5.19. The number of nitrogens with one attached hydrogen (secondary N) is 2. The molecular formula is C34H36N4O7. The van der Waals surface area contributed by atoms with Gasteiger partial charge in [-0.15, -0.1) is 4.99 Å². The van der Waals surface area contributed by atoms with Crippen LogP contribution < -0.4 is 10.6 Å². The largest absolute Gasteiger partial charge is 0.459 e. The first-order chi connectivity index (χ1) is 21.9. The summed E-state index contributed by atoms with van der Waals surface area (Å²) in [4.78, 5) is 56.6. The van der Waals surface area contributed by atoms with Gasteiger partial charge in [-0.25, -0.2) is 14.4 Å². The van der Waals surface area contributed by atoms with Crippen molar-refractivity contribution in [1.82, 2.24) is 15.5 Å². The third-order valence-corrected chi connectivity index (χ3v) is 7.75. The molecular weight excluding hydrogens is 576 g/mol. The van der Waals surface area contributed by atoms with Gasteiger partial charge in [0.15, 0.2) is 0 Å². The maximum Gasteiger partial charge on any atom is 0.437 e. The second kappa shape index (κ2) is 15.5. The molecule has 0 radical (unpaired) electrons. The van der Waals surface area contributed by atoms with Crippen LogP contribution in [0.25, 0.3) is 0 Å². The first-order valence-electron chi connectivity index (χ1n) is 15.0. The van der Waals surface area contributed by atoms with Gasteiger partial charge in [0.2, 0.25) is 11.9 Å². The fraction of sp³-hybridized carbons (Fsp3) is 0.324. The predicted molar refractivity (Wildman–Crippen MR) is 164 cm³/mol. The molecule has 11 heteroatoms. The number of piperidine rings is 1. The lowest BCUT2D eigenvalue weighted by Gasteiger charge is -2.40. The number of benzene rings is 3. The van der Waals surface area contributed by atoms with E-state index in [1.807, 2.05) is 91.0 Å². The zero-order valence-electron chi connectivity index (χ0n) is 24.8. The number of guanidine groups is 1. The molecule has 5 rings (SSSR count). The van der Waals surface area contributed by atoms with Gasteiger partial charge in [-0.05, 0) is 41.9 Å². The third-order valence-electron chi connectivity index (χ3n) is 7.75. The monoisotopic (exact) mass is 612 g/mol. The molecule has 2 aliphatic rings. The topological polar surface area (TPSA) is 136 Å². The number of amides is 3. The molecule has 2 fully saturated rings. The summed E-state index contributed by atoms with van der Waals surface area (Å²) in [5.74, 6) is -1.20. The molecule has 2 aliphatic heterocycles. The lowest BCUT2D eigenvalue weighted by molar-refractivity contribution is -0.159. The number of rotatable bonds is 9. The predicted octanol–water partition coefficient (Wildman–Crippen LogP) is 4.57. The normalized spacial score (nSPS) is 19.5. The number of β-lactam (4-membered cyclic amide) rings is 1. The second-order valence-corrected chi connectivity index (χ2v) is 11.0. The molecule has 3 amide bonds. The molecule has 234 valence electrons. The van der Waals surface area contributed by atoms with Gasteiger partial charge in [-0.3, -0.25) is 10.1 Å². The maximum atomic E-state index is 12.8. The molecule has 3 atom stereocenters. The minimum atomic E-state index is -0.862. The minimum Gasteiger partial charge on any atom is -0.459 e. The highest BCUT2D eigenvalue weighted by Gasteiger charge is 2.46. The van der Waals surface area contributed by atoms with E-state index in [-0.39, 0.29) is 37.6 Å². The summed E-state index contributed by atoms with van der Waals surface area (Å²) in [5.41, 5.74) is 2.47. The Labute approximate surface area is 261 Å². The number of alkyl carbamates (subject to hydrolysis) is 1. The van der Waals surface area contributed by atoms with Crippen molar-refractivity contribution >= 4 is 30.0 Å². The fourth-order valence-corrected chi connectivity index (χ4v) is 5.38. The first-order valence-corrected chi connectivity index (χ1v) is 15.0. The summed E-state index contributed by atoms with van der Waals surface area (Å²) >= 11 is 0. The average Bonchev–Trinajstić information content (AvgIpc) is 3.08. The van der Waals surface area contributed by atoms with Crippen LogP contribution in [0.5, 0.6) is 0 Å². The van der Waals surface area contributed by atoms with Gasteiger partial charge in [-0.1, -0.05) is 91.0 Å². The van der Waals surface area contributed by atoms with E-state index >= 15 is 0 Å². The van der Waals surface area contributed by atoms with Crippen LogP contribution in [0, 0.1) is 11.8 Å². The number of aliphatic imine (C=N–C) groups is 1. The Kier molecular flexibility index (Phi) is 10.8. The quantitative estimate of drug-likeness (QED) is 0.118. The summed E-state index contributed by atoms with van der Waals surface area (Å²) in [7, 11) is 0. The molecule has 3 aromatic carbocycles. The Morgan fingerprint density at radius 1 is 0.800 bits per heavy atom. The molecule has 1 unspecified atom stereocenters. The van der Waals surface area contributed by atoms with Gasteiger partial charge in [0.25, 0.3) is 0 Å². The van der Waals surface area contributed by atoms with Crippen molar-refractivity contribution in [2.75, 3.05) is 13.1 Å². The SMILES string of the molecule is O=C(N=C(NC(=O)OCc1ccccc1)N1CCC[C@@H](C[C@H]2C(=O)NC2C(=O)OCc2ccccc2)C1)OCc1ccccc1. The van der Waals surface area contributed by atoms with Crippen LogP contribution in [0.3, 0.4) is 0 Å². The van der Waals surface area contributed by atoms with Crippen molar-refractivity contribution in [2.45, 2.75) is 45.1 Å². The van der Waals surface area contributed by atoms with Crippen LogP contribution in [0.15, 0.2) is 96.0 Å². The van der Waals surface area contributed by atoms with Gasteiger partial charge in [0.05, 0.1) is 5.92 Å². The van der Waals surface area contributed by atoms with E-state index in [1.165, 1.54) is 0 Å². The van der Waals surface area contributed by atoms with E-state index in [0.717, 1.165) is 29.5 Å².